The Labute approximate surface area is 67.7 Å². The van der Waals surface area contributed by atoms with Crippen molar-refractivity contribution in [3.8, 4) is 11.5 Å². The Morgan fingerprint density at radius 2 is 1.67 bits per heavy atom. The first-order chi connectivity index (χ1) is 5.52. The molecule has 0 radical (unpaired) electrons. The van der Waals surface area contributed by atoms with E-state index in [4.69, 9.17) is 21.1 Å². The van der Waals surface area contributed by atoms with Gasteiger partial charge in [-0.3, -0.25) is 0 Å². The number of anilines is 1. The van der Waals surface area contributed by atoms with Crippen LogP contribution in [0.4, 0.5) is 5.69 Å². The van der Waals surface area contributed by atoms with E-state index in [-0.39, 0.29) is 5.69 Å². The first-order valence-electron chi connectivity index (χ1n) is 3.07. The third kappa shape index (κ3) is 1.24. The smallest absolute Gasteiger partial charge is 0.343 e. The van der Waals surface area contributed by atoms with Crippen molar-refractivity contribution in [2.45, 2.75) is 0 Å². The molecule has 0 unspecified atom stereocenters. The van der Waals surface area contributed by atoms with Crippen LogP contribution in [0.1, 0.15) is 10.4 Å². The number of aromatic carboxylic acids is 1. The summed E-state index contributed by atoms with van der Waals surface area (Å²) in [6.45, 7) is 0. The van der Waals surface area contributed by atoms with Gasteiger partial charge in [-0.05, 0) is 0 Å². The average molecular weight is 169 g/mol. The largest absolute Gasteiger partial charge is 0.507 e. The summed E-state index contributed by atoms with van der Waals surface area (Å²) >= 11 is 0. The fourth-order valence-electron chi connectivity index (χ4n) is 0.852. The average Bonchev–Trinajstić information content (AvgIpc) is 1.82. The molecule has 0 heterocycles. The van der Waals surface area contributed by atoms with Crippen molar-refractivity contribution < 1.29 is 20.1 Å². The van der Waals surface area contributed by atoms with Gasteiger partial charge in [-0.25, -0.2) is 4.79 Å². The first-order valence-corrected chi connectivity index (χ1v) is 3.07. The van der Waals surface area contributed by atoms with E-state index in [0.29, 0.717) is 0 Å². The number of hydrogen-bond acceptors (Lipinski definition) is 4. The van der Waals surface area contributed by atoms with Crippen molar-refractivity contribution in [2.75, 3.05) is 5.73 Å². The lowest BCUT2D eigenvalue weighted by molar-refractivity contribution is 0.0690. The van der Waals surface area contributed by atoms with Crippen LogP contribution in [0.3, 0.4) is 0 Å². The molecule has 1 aromatic rings. The van der Waals surface area contributed by atoms with Crippen molar-refractivity contribution in [1.29, 1.82) is 0 Å². The number of nitrogens with two attached hydrogens (primary N) is 1. The number of hydrogen-bond donors (Lipinski definition) is 4. The van der Waals surface area contributed by atoms with Crippen molar-refractivity contribution in [1.82, 2.24) is 0 Å². The van der Waals surface area contributed by atoms with Crippen LogP contribution in [0.25, 0.3) is 0 Å². The second kappa shape index (κ2) is 2.61. The molecule has 0 aromatic heterocycles. The number of benzene rings is 1. The summed E-state index contributed by atoms with van der Waals surface area (Å²) in [7, 11) is 0. The zero-order chi connectivity index (χ0) is 9.30. The van der Waals surface area contributed by atoms with Gasteiger partial charge < -0.3 is 21.1 Å². The molecule has 0 aliphatic rings. The second-order valence-electron chi connectivity index (χ2n) is 2.24. The zero-order valence-corrected chi connectivity index (χ0v) is 5.98. The van der Waals surface area contributed by atoms with Gasteiger partial charge in [0, 0.05) is 17.8 Å². The number of carboxylic acid groups (broad SMARTS) is 1. The highest BCUT2D eigenvalue weighted by molar-refractivity contribution is 5.94. The third-order valence-corrected chi connectivity index (χ3v) is 1.33. The predicted octanol–water partition coefficient (Wildman–Crippen LogP) is 0.378. The highest BCUT2D eigenvalue weighted by Gasteiger charge is 2.15. The topological polar surface area (TPSA) is 104 Å². The van der Waals surface area contributed by atoms with Gasteiger partial charge in [0.1, 0.15) is 17.1 Å². The Morgan fingerprint density at radius 3 is 2.00 bits per heavy atom. The molecule has 0 saturated heterocycles. The number of phenols is 2. The lowest BCUT2D eigenvalue weighted by Gasteiger charge is -2.02. The van der Waals surface area contributed by atoms with E-state index in [0.717, 1.165) is 12.1 Å². The van der Waals surface area contributed by atoms with Crippen LogP contribution in [0.2, 0.25) is 0 Å². The molecular formula is C7H7NO4. The van der Waals surface area contributed by atoms with E-state index in [1.54, 1.807) is 0 Å². The molecule has 5 heteroatoms. The normalized spacial score (nSPS) is 9.67. The lowest BCUT2D eigenvalue weighted by atomic mass is 10.1. The van der Waals surface area contributed by atoms with Crippen LogP contribution in [-0.2, 0) is 0 Å². The summed E-state index contributed by atoms with van der Waals surface area (Å²) in [4.78, 5) is 10.4. The molecule has 5 nitrogen and oxygen atoms in total. The minimum absolute atomic E-state index is 0.106. The molecule has 12 heavy (non-hydrogen) atoms. The second-order valence-corrected chi connectivity index (χ2v) is 2.24. The molecule has 5 N–H and O–H groups in total. The van der Waals surface area contributed by atoms with E-state index in [1.165, 1.54) is 0 Å². The van der Waals surface area contributed by atoms with Crippen LogP contribution in [0, 0.1) is 0 Å². The molecule has 0 bridgehead atoms. The van der Waals surface area contributed by atoms with E-state index < -0.39 is 23.0 Å². The molecule has 0 aliphatic carbocycles. The van der Waals surface area contributed by atoms with Gasteiger partial charge in [-0.15, -0.1) is 0 Å². The van der Waals surface area contributed by atoms with Gasteiger partial charge in [0.05, 0.1) is 0 Å². The Morgan fingerprint density at radius 1 is 1.25 bits per heavy atom. The molecule has 1 aromatic carbocycles. The summed E-state index contributed by atoms with van der Waals surface area (Å²) < 4.78 is 0. The van der Waals surface area contributed by atoms with Gasteiger partial charge in [-0.2, -0.15) is 0 Å². The molecule has 64 valence electrons. The lowest BCUT2D eigenvalue weighted by Crippen LogP contribution is -1.98. The standard InChI is InChI=1S/C7H7NO4/c8-3-1-4(9)6(7(11)12)5(10)2-3/h1-2,9-10H,8H2,(H,11,12). The number of carbonyl (C=O) groups is 1. The Kier molecular flexibility index (Phi) is 1.78. The maximum atomic E-state index is 10.4. The minimum Gasteiger partial charge on any atom is -0.507 e. The fraction of sp³-hybridized carbons (Fsp3) is 0. The molecule has 0 fully saturated rings. The number of carboxylic acids is 1. The van der Waals surface area contributed by atoms with Crippen molar-refractivity contribution in [3.05, 3.63) is 17.7 Å². The predicted molar refractivity (Wildman–Crippen MR) is 41.1 cm³/mol. The highest BCUT2D eigenvalue weighted by atomic mass is 16.4. The third-order valence-electron chi connectivity index (χ3n) is 1.33. The SMILES string of the molecule is Nc1cc(O)c(C(=O)O)c(O)c1. The van der Waals surface area contributed by atoms with Gasteiger partial charge in [0.15, 0.2) is 0 Å². The van der Waals surface area contributed by atoms with Crippen LogP contribution in [-0.4, -0.2) is 21.3 Å². The van der Waals surface area contributed by atoms with E-state index >= 15 is 0 Å². The Bertz CT molecular complexity index is 311. The number of aromatic hydroxyl groups is 2. The van der Waals surface area contributed by atoms with Crippen molar-refractivity contribution >= 4 is 11.7 Å². The number of rotatable bonds is 1. The number of nitrogen functional groups attached to an aromatic ring is 1. The Hall–Kier alpha value is -1.91. The summed E-state index contributed by atoms with van der Waals surface area (Å²) in [6, 6.07) is 2.12. The van der Waals surface area contributed by atoms with Crippen LogP contribution in [0.5, 0.6) is 11.5 Å². The first kappa shape index (κ1) is 8.19. The molecule has 0 amide bonds. The Balaban J connectivity index is 3.38. The molecule has 0 saturated carbocycles. The van der Waals surface area contributed by atoms with Gasteiger partial charge in [0.2, 0.25) is 0 Å². The highest BCUT2D eigenvalue weighted by Crippen LogP contribution is 2.29. The summed E-state index contributed by atoms with van der Waals surface area (Å²) in [5, 5.41) is 26.5. The summed E-state index contributed by atoms with van der Waals surface area (Å²) in [6.07, 6.45) is 0. The van der Waals surface area contributed by atoms with Crippen molar-refractivity contribution in [3.63, 3.8) is 0 Å². The molecule has 0 atom stereocenters. The maximum Gasteiger partial charge on any atom is 0.343 e. The van der Waals surface area contributed by atoms with E-state index in [1.807, 2.05) is 0 Å². The monoisotopic (exact) mass is 169 g/mol. The van der Waals surface area contributed by atoms with E-state index in [9.17, 15) is 4.79 Å². The molecule has 0 spiro atoms. The minimum atomic E-state index is -1.40. The molecule has 1 rings (SSSR count). The summed E-state index contributed by atoms with van der Waals surface area (Å²) in [5.74, 6) is -2.48. The fourth-order valence-corrected chi connectivity index (χ4v) is 0.852. The maximum absolute atomic E-state index is 10.4. The van der Waals surface area contributed by atoms with Gasteiger partial charge in [-0.1, -0.05) is 0 Å². The van der Waals surface area contributed by atoms with Crippen LogP contribution in [0.15, 0.2) is 12.1 Å². The van der Waals surface area contributed by atoms with Crippen molar-refractivity contribution in [2.24, 2.45) is 0 Å². The molecular weight excluding hydrogens is 162 g/mol. The quantitative estimate of drug-likeness (QED) is 0.455. The van der Waals surface area contributed by atoms with E-state index in [2.05, 4.69) is 0 Å². The van der Waals surface area contributed by atoms with Gasteiger partial charge >= 0.3 is 5.97 Å². The van der Waals surface area contributed by atoms with Crippen LogP contribution >= 0.6 is 0 Å². The van der Waals surface area contributed by atoms with Crippen LogP contribution < -0.4 is 5.73 Å². The van der Waals surface area contributed by atoms with Gasteiger partial charge in [0.25, 0.3) is 0 Å². The molecule has 0 aliphatic heterocycles. The summed E-state index contributed by atoms with van der Waals surface area (Å²) in [5.41, 5.74) is 4.78. The zero-order valence-electron chi connectivity index (χ0n) is 5.98.